The molecule has 37 heavy (non-hydrogen) atoms. The van der Waals surface area contributed by atoms with Gasteiger partial charge in [-0.25, -0.2) is 18.4 Å². The van der Waals surface area contributed by atoms with E-state index in [2.05, 4.69) is 20.0 Å². The molecule has 1 saturated carbocycles. The lowest BCUT2D eigenvalue weighted by atomic mass is 9.96. The Morgan fingerprint density at radius 1 is 0.919 bits per heavy atom. The fourth-order valence-electron chi connectivity index (χ4n) is 4.88. The van der Waals surface area contributed by atoms with Crippen LogP contribution in [0.2, 0.25) is 0 Å². The lowest BCUT2D eigenvalue weighted by Gasteiger charge is -2.22. The first-order valence-corrected chi connectivity index (χ1v) is 14.0. The van der Waals surface area contributed by atoms with Crippen molar-refractivity contribution < 1.29 is 13.2 Å². The Hall–Kier alpha value is -3.72. The van der Waals surface area contributed by atoms with Crippen LogP contribution in [0.1, 0.15) is 43.2 Å². The second kappa shape index (κ2) is 10.3. The molecule has 9 heteroatoms. The predicted molar refractivity (Wildman–Crippen MR) is 147 cm³/mol. The van der Waals surface area contributed by atoms with Crippen LogP contribution in [-0.4, -0.2) is 36.5 Å². The quantitative estimate of drug-likeness (QED) is 0.316. The fraction of sp³-hybridized carbons (Fsp3) is 0.321. The molecule has 1 aliphatic rings. The number of aryl methyl sites for hydroxylation is 2. The molecule has 2 aromatic carbocycles. The first-order chi connectivity index (χ1) is 17.8. The van der Waals surface area contributed by atoms with E-state index in [4.69, 9.17) is 9.72 Å². The van der Waals surface area contributed by atoms with Gasteiger partial charge in [-0.15, -0.1) is 0 Å². The van der Waals surface area contributed by atoms with Crippen molar-refractivity contribution in [1.82, 2.24) is 15.0 Å². The monoisotopic (exact) mass is 517 g/mol. The summed E-state index contributed by atoms with van der Waals surface area (Å²) in [6.45, 7) is 3.77. The molecule has 1 fully saturated rings. The van der Waals surface area contributed by atoms with Gasteiger partial charge in [-0.3, -0.25) is 4.72 Å². The second-order valence-corrected chi connectivity index (χ2v) is 11.2. The number of rotatable bonds is 7. The van der Waals surface area contributed by atoms with Crippen LogP contribution in [0.15, 0.2) is 59.6 Å². The number of sulfonamides is 1. The number of nitrogens with one attached hydrogen (secondary N) is 2. The van der Waals surface area contributed by atoms with Crippen LogP contribution >= 0.6 is 0 Å². The van der Waals surface area contributed by atoms with E-state index in [0.717, 1.165) is 40.4 Å². The molecule has 1 aliphatic carbocycles. The van der Waals surface area contributed by atoms with Crippen molar-refractivity contribution in [3.05, 3.63) is 65.9 Å². The molecule has 0 radical (unpaired) electrons. The van der Waals surface area contributed by atoms with Gasteiger partial charge in [0.25, 0.3) is 10.0 Å². The zero-order chi connectivity index (χ0) is 26.0. The van der Waals surface area contributed by atoms with Gasteiger partial charge >= 0.3 is 0 Å². The van der Waals surface area contributed by atoms with Crippen molar-refractivity contribution >= 4 is 32.7 Å². The standard InChI is InChI=1S/C28H31N5O3S/c1-18-9-7-8-12-25(18)37(34,35)33-26-14-13-22(27(32-26)36-3)23-16-20-17-29-28(31-24(20)15-19(23)2)30-21-10-5-4-6-11-21/h7-9,12-17,21H,4-6,10-11H2,1-3H3,(H,32,33)(H,29,30,31). The number of pyridine rings is 1. The van der Waals surface area contributed by atoms with E-state index >= 15 is 0 Å². The Labute approximate surface area is 217 Å². The molecule has 0 bridgehead atoms. The number of nitrogens with zero attached hydrogens (tertiary/aromatic N) is 3. The van der Waals surface area contributed by atoms with Gasteiger partial charge in [-0.2, -0.15) is 4.98 Å². The van der Waals surface area contributed by atoms with Gasteiger partial charge in [0, 0.05) is 23.2 Å². The van der Waals surface area contributed by atoms with Gasteiger partial charge in [-0.1, -0.05) is 37.5 Å². The molecular weight excluding hydrogens is 486 g/mol. The zero-order valence-electron chi connectivity index (χ0n) is 21.3. The van der Waals surface area contributed by atoms with Gasteiger partial charge in [0.1, 0.15) is 5.82 Å². The SMILES string of the molecule is COc1nc(NS(=O)(=O)c2ccccc2C)ccc1-c1cc2cnc(NC3CCCCC3)nc2cc1C. The average Bonchev–Trinajstić information content (AvgIpc) is 2.89. The third-order valence-corrected chi connectivity index (χ3v) is 8.35. The summed E-state index contributed by atoms with van der Waals surface area (Å²) in [6, 6.07) is 14.8. The lowest BCUT2D eigenvalue weighted by molar-refractivity contribution is 0.400. The number of benzene rings is 2. The summed E-state index contributed by atoms with van der Waals surface area (Å²) < 4.78 is 34.0. The number of aromatic nitrogens is 3. The Balaban J connectivity index is 1.43. The molecule has 2 N–H and O–H groups in total. The van der Waals surface area contributed by atoms with Crippen molar-refractivity contribution in [2.24, 2.45) is 0 Å². The highest BCUT2D eigenvalue weighted by Crippen LogP contribution is 2.35. The number of ether oxygens (including phenoxy) is 1. The van der Waals surface area contributed by atoms with Gasteiger partial charge in [0.15, 0.2) is 0 Å². The molecule has 0 spiro atoms. The summed E-state index contributed by atoms with van der Waals surface area (Å²) >= 11 is 0. The number of fused-ring (bicyclic) bond motifs is 1. The molecule has 0 atom stereocenters. The van der Waals surface area contributed by atoms with E-state index in [0.29, 0.717) is 23.4 Å². The van der Waals surface area contributed by atoms with E-state index in [-0.39, 0.29) is 10.7 Å². The molecule has 2 aromatic heterocycles. The van der Waals surface area contributed by atoms with Crippen LogP contribution in [0.4, 0.5) is 11.8 Å². The van der Waals surface area contributed by atoms with Crippen molar-refractivity contribution in [3.63, 3.8) is 0 Å². The number of methoxy groups -OCH3 is 1. The number of anilines is 2. The Morgan fingerprint density at radius 3 is 2.46 bits per heavy atom. The molecule has 0 saturated heterocycles. The average molecular weight is 518 g/mol. The fourth-order valence-corrected chi connectivity index (χ4v) is 6.13. The van der Waals surface area contributed by atoms with Crippen molar-refractivity contribution in [2.45, 2.75) is 56.9 Å². The van der Waals surface area contributed by atoms with E-state index in [1.165, 1.54) is 26.4 Å². The Morgan fingerprint density at radius 2 is 1.70 bits per heavy atom. The molecule has 0 unspecified atom stereocenters. The normalized spacial score (nSPS) is 14.5. The minimum atomic E-state index is -3.79. The van der Waals surface area contributed by atoms with Crippen LogP contribution in [0, 0.1) is 13.8 Å². The van der Waals surface area contributed by atoms with E-state index in [9.17, 15) is 8.42 Å². The number of hydrogen-bond acceptors (Lipinski definition) is 7. The smallest absolute Gasteiger partial charge is 0.263 e. The van der Waals surface area contributed by atoms with Crippen LogP contribution < -0.4 is 14.8 Å². The summed E-state index contributed by atoms with van der Waals surface area (Å²) in [7, 11) is -2.27. The van der Waals surface area contributed by atoms with Crippen molar-refractivity contribution in [2.75, 3.05) is 17.1 Å². The van der Waals surface area contributed by atoms with Crippen LogP contribution in [-0.2, 0) is 10.0 Å². The summed E-state index contributed by atoms with van der Waals surface area (Å²) in [4.78, 5) is 14.0. The first kappa shape index (κ1) is 25.0. The molecule has 2 heterocycles. The molecule has 0 aliphatic heterocycles. The zero-order valence-corrected chi connectivity index (χ0v) is 22.1. The topological polar surface area (TPSA) is 106 Å². The minimum absolute atomic E-state index is 0.184. The molecule has 192 valence electrons. The van der Waals surface area contributed by atoms with Crippen LogP contribution in [0.3, 0.4) is 0 Å². The molecule has 5 rings (SSSR count). The van der Waals surface area contributed by atoms with E-state index in [1.807, 2.05) is 31.3 Å². The first-order valence-electron chi connectivity index (χ1n) is 12.5. The molecule has 8 nitrogen and oxygen atoms in total. The van der Waals surface area contributed by atoms with E-state index < -0.39 is 10.0 Å². The van der Waals surface area contributed by atoms with Gasteiger partial charge < -0.3 is 10.1 Å². The Kier molecular flexibility index (Phi) is 6.97. The summed E-state index contributed by atoms with van der Waals surface area (Å²) in [5.41, 5.74) is 4.20. The summed E-state index contributed by atoms with van der Waals surface area (Å²) in [5.74, 6) is 1.17. The molecule has 4 aromatic rings. The van der Waals surface area contributed by atoms with Crippen LogP contribution in [0.25, 0.3) is 22.0 Å². The maximum Gasteiger partial charge on any atom is 0.263 e. The minimum Gasteiger partial charge on any atom is -0.480 e. The highest BCUT2D eigenvalue weighted by molar-refractivity contribution is 7.92. The third-order valence-electron chi connectivity index (χ3n) is 6.83. The van der Waals surface area contributed by atoms with E-state index in [1.54, 1.807) is 37.3 Å². The van der Waals surface area contributed by atoms with Gasteiger partial charge in [0.05, 0.1) is 17.5 Å². The summed E-state index contributed by atoms with van der Waals surface area (Å²) in [6.07, 6.45) is 7.94. The van der Waals surface area contributed by atoms with Crippen molar-refractivity contribution in [1.29, 1.82) is 0 Å². The molecular formula is C28H31N5O3S. The highest BCUT2D eigenvalue weighted by atomic mass is 32.2. The highest BCUT2D eigenvalue weighted by Gasteiger charge is 2.20. The predicted octanol–water partition coefficient (Wildman–Crippen LogP) is 5.86. The number of hydrogen-bond donors (Lipinski definition) is 2. The second-order valence-electron chi connectivity index (χ2n) is 9.52. The maximum atomic E-state index is 12.9. The van der Waals surface area contributed by atoms with Gasteiger partial charge in [0.2, 0.25) is 11.8 Å². The van der Waals surface area contributed by atoms with Crippen molar-refractivity contribution in [3.8, 4) is 17.0 Å². The third kappa shape index (κ3) is 5.36. The Bertz CT molecular complexity index is 1550. The molecule has 0 amide bonds. The largest absolute Gasteiger partial charge is 0.480 e. The van der Waals surface area contributed by atoms with Crippen LogP contribution in [0.5, 0.6) is 5.88 Å². The summed E-state index contributed by atoms with van der Waals surface area (Å²) in [5, 5.41) is 4.39. The maximum absolute atomic E-state index is 12.9. The lowest BCUT2D eigenvalue weighted by Crippen LogP contribution is -2.23. The van der Waals surface area contributed by atoms with Gasteiger partial charge in [-0.05, 0) is 73.7 Å².